The van der Waals surface area contributed by atoms with Gasteiger partial charge in [-0.05, 0) is 72.7 Å². The zero-order valence-electron chi connectivity index (χ0n) is 20.9. The Kier molecular flexibility index (Phi) is 5.60. The number of halogens is 1. The Labute approximate surface area is 225 Å². The van der Waals surface area contributed by atoms with Crippen molar-refractivity contribution in [3.8, 4) is 0 Å². The molecule has 0 spiro atoms. The minimum atomic E-state index is -1.21. The van der Waals surface area contributed by atoms with Crippen LogP contribution in [0.2, 0.25) is 5.28 Å². The molecule has 4 heterocycles. The molecule has 2 bridgehead atoms. The van der Waals surface area contributed by atoms with Crippen molar-refractivity contribution < 1.29 is 0 Å². The highest BCUT2D eigenvalue weighted by atomic mass is 35.5. The molecule has 3 aromatic rings. The first kappa shape index (κ1) is 23.6. The van der Waals surface area contributed by atoms with E-state index in [2.05, 4.69) is 42.3 Å². The number of piperazine rings is 1. The van der Waals surface area contributed by atoms with Gasteiger partial charge in [0.25, 0.3) is 0 Å². The number of hydrogen-bond acceptors (Lipinski definition) is 10. The first-order valence-corrected chi connectivity index (χ1v) is 14.4. The fraction of sp³-hybridized carbons (Fsp3) is 0.500. The van der Waals surface area contributed by atoms with Gasteiger partial charge in [-0.2, -0.15) is 10.4 Å². The average molecular weight is 538 g/mol. The van der Waals surface area contributed by atoms with Crippen molar-refractivity contribution in [2.75, 3.05) is 36.1 Å². The van der Waals surface area contributed by atoms with Crippen molar-refractivity contribution in [1.29, 1.82) is 0 Å². The molecule has 194 valence electrons. The Morgan fingerprint density at radius 2 is 1.86 bits per heavy atom. The van der Waals surface area contributed by atoms with Crippen molar-refractivity contribution in [2.24, 2.45) is 28.3 Å². The summed E-state index contributed by atoms with van der Waals surface area (Å²) in [5.41, 5.74) is 20.2. The normalized spacial score (nSPS) is 30.0. The molecule has 4 atom stereocenters. The summed E-state index contributed by atoms with van der Waals surface area (Å²) in [7, 11) is 0. The van der Waals surface area contributed by atoms with E-state index in [0.29, 0.717) is 5.82 Å². The van der Waals surface area contributed by atoms with Gasteiger partial charge < -0.3 is 10.6 Å². The number of aliphatic imine (C=N–C) groups is 1. The minimum absolute atomic E-state index is 0.151. The van der Waals surface area contributed by atoms with E-state index in [-0.39, 0.29) is 11.2 Å². The molecular formula is C26H32ClN9S. The van der Waals surface area contributed by atoms with E-state index in [1.165, 1.54) is 42.7 Å². The average Bonchev–Trinajstić information content (AvgIpc) is 3.69. The van der Waals surface area contributed by atoms with Crippen LogP contribution in [0.25, 0.3) is 10.2 Å². The van der Waals surface area contributed by atoms with E-state index < -0.39 is 5.79 Å². The summed E-state index contributed by atoms with van der Waals surface area (Å²) in [5, 5.41) is 3.78. The molecule has 9 nitrogen and oxygen atoms in total. The number of guanidine groups is 1. The number of nitrogens with two attached hydrogens (primary N) is 2. The highest BCUT2D eigenvalue weighted by Gasteiger charge is 2.43. The van der Waals surface area contributed by atoms with Crippen molar-refractivity contribution in [3.63, 3.8) is 0 Å². The number of hydrazine groups is 1. The van der Waals surface area contributed by atoms with Crippen LogP contribution < -0.4 is 26.8 Å². The number of aryl methyl sites for hydroxylation is 1. The predicted octanol–water partition coefficient (Wildman–Crippen LogP) is 3.37. The Balaban J connectivity index is 1.06. The molecule has 1 aromatic carbocycles. The second-order valence-electron chi connectivity index (χ2n) is 10.9. The Morgan fingerprint density at radius 3 is 2.57 bits per heavy atom. The van der Waals surface area contributed by atoms with Gasteiger partial charge in [-0.1, -0.05) is 18.6 Å². The monoisotopic (exact) mass is 537 g/mol. The minimum Gasteiger partial charge on any atom is -0.369 e. The first-order valence-electron chi connectivity index (χ1n) is 13.1. The van der Waals surface area contributed by atoms with Crippen LogP contribution in [0.3, 0.4) is 0 Å². The van der Waals surface area contributed by atoms with Gasteiger partial charge in [-0.15, -0.1) is 11.3 Å². The van der Waals surface area contributed by atoms with Crippen molar-refractivity contribution in [2.45, 2.75) is 44.4 Å². The van der Waals surface area contributed by atoms with Gasteiger partial charge in [0.1, 0.15) is 0 Å². The number of anilines is 2. The number of nitrogens with one attached hydrogen (secondary N) is 1. The topological polar surface area (TPSA) is 112 Å². The molecule has 2 aliphatic carbocycles. The zero-order chi connectivity index (χ0) is 25.3. The number of aromatic nitrogens is 2. The SMILES string of the molecule is Cc1csc2c(N3NC(N)(c4ccc(N5CCN(C6CC7CCC6C7)CC5)cc4)N=C3N)nc(Cl)nc12. The van der Waals surface area contributed by atoms with E-state index in [1.54, 1.807) is 5.01 Å². The summed E-state index contributed by atoms with van der Waals surface area (Å²) in [6.07, 6.45) is 5.79. The van der Waals surface area contributed by atoms with Gasteiger partial charge in [0, 0.05) is 43.5 Å². The molecule has 4 unspecified atom stereocenters. The number of hydrogen-bond donors (Lipinski definition) is 3. The van der Waals surface area contributed by atoms with E-state index in [9.17, 15) is 0 Å². The van der Waals surface area contributed by atoms with E-state index >= 15 is 0 Å². The standard InChI is InChI=1S/C26H32ClN9S/c1-15-14-37-22-21(15)30-24(27)31-23(22)36-25(28)32-26(29,33-36)18-4-6-19(7-5-18)34-8-10-35(11-9-34)20-13-16-2-3-17(20)12-16/h4-7,14,16-17,20,33H,2-3,8-13,29H2,1H3,(H2,28,32). The molecule has 2 aromatic heterocycles. The van der Waals surface area contributed by atoms with Gasteiger partial charge in [-0.25, -0.2) is 15.0 Å². The summed E-state index contributed by atoms with van der Waals surface area (Å²) < 4.78 is 0.872. The zero-order valence-corrected chi connectivity index (χ0v) is 22.5. The van der Waals surface area contributed by atoms with Crippen LogP contribution in [0.1, 0.15) is 36.8 Å². The van der Waals surface area contributed by atoms with Crippen LogP contribution in [-0.4, -0.2) is 53.0 Å². The third-order valence-electron chi connectivity index (χ3n) is 8.72. The molecule has 2 saturated carbocycles. The maximum Gasteiger partial charge on any atom is 0.225 e. The highest BCUT2D eigenvalue weighted by Crippen LogP contribution is 2.46. The van der Waals surface area contributed by atoms with Gasteiger partial charge in [0.05, 0.1) is 10.2 Å². The van der Waals surface area contributed by atoms with Crippen molar-refractivity contribution >= 4 is 50.6 Å². The fourth-order valence-electron chi connectivity index (χ4n) is 6.81. The van der Waals surface area contributed by atoms with Crippen LogP contribution >= 0.6 is 22.9 Å². The lowest BCUT2D eigenvalue weighted by molar-refractivity contribution is 0.135. The van der Waals surface area contributed by atoms with Crippen LogP contribution in [0.5, 0.6) is 0 Å². The third kappa shape index (κ3) is 3.97. The van der Waals surface area contributed by atoms with Crippen LogP contribution in [0.4, 0.5) is 11.5 Å². The van der Waals surface area contributed by atoms with E-state index in [1.807, 2.05) is 24.4 Å². The second kappa shape index (κ2) is 8.78. The van der Waals surface area contributed by atoms with Crippen LogP contribution in [-0.2, 0) is 5.79 Å². The molecule has 5 N–H and O–H groups in total. The molecule has 3 fully saturated rings. The predicted molar refractivity (Wildman–Crippen MR) is 150 cm³/mol. The molecule has 0 amide bonds. The lowest BCUT2D eigenvalue weighted by Crippen LogP contribution is -2.53. The summed E-state index contributed by atoms with van der Waals surface area (Å²) >= 11 is 7.77. The molecule has 11 heteroatoms. The first-order chi connectivity index (χ1) is 17.9. The molecule has 7 rings (SSSR count). The van der Waals surface area contributed by atoms with Gasteiger partial charge in [0.2, 0.25) is 17.0 Å². The Morgan fingerprint density at radius 1 is 1.08 bits per heavy atom. The molecule has 1 saturated heterocycles. The Bertz CT molecular complexity index is 1370. The Hall–Kier alpha value is -2.50. The molecule has 37 heavy (non-hydrogen) atoms. The van der Waals surface area contributed by atoms with E-state index in [4.69, 9.17) is 23.1 Å². The number of benzene rings is 1. The van der Waals surface area contributed by atoms with Gasteiger partial charge in [-0.3, -0.25) is 10.6 Å². The summed E-state index contributed by atoms with van der Waals surface area (Å²) in [4.78, 5) is 18.6. The molecule has 4 aliphatic rings. The van der Waals surface area contributed by atoms with Gasteiger partial charge >= 0.3 is 0 Å². The number of fused-ring (bicyclic) bond motifs is 3. The number of nitrogens with zero attached hydrogens (tertiary/aromatic N) is 6. The largest absolute Gasteiger partial charge is 0.369 e. The maximum atomic E-state index is 6.72. The van der Waals surface area contributed by atoms with Crippen molar-refractivity contribution in [3.05, 3.63) is 46.1 Å². The van der Waals surface area contributed by atoms with Crippen molar-refractivity contribution in [1.82, 2.24) is 20.3 Å². The van der Waals surface area contributed by atoms with Gasteiger partial charge in [0.15, 0.2) is 5.82 Å². The smallest absolute Gasteiger partial charge is 0.225 e. The van der Waals surface area contributed by atoms with Crippen LogP contribution in [0.15, 0.2) is 34.6 Å². The molecule has 0 radical (unpaired) electrons. The lowest BCUT2D eigenvalue weighted by atomic mass is 9.93. The van der Waals surface area contributed by atoms with Crippen LogP contribution in [0, 0.1) is 18.8 Å². The molecule has 2 aliphatic heterocycles. The third-order valence-corrected chi connectivity index (χ3v) is 9.97. The fourth-order valence-corrected chi connectivity index (χ4v) is 7.94. The maximum absolute atomic E-state index is 6.72. The quantitative estimate of drug-likeness (QED) is 0.434. The lowest BCUT2D eigenvalue weighted by Gasteiger charge is -2.42. The highest BCUT2D eigenvalue weighted by molar-refractivity contribution is 7.18. The summed E-state index contributed by atoms with van der Waals surface area (Å²) in [6, 6.07) is 9.15. The summed E-state index contributed by atoms with van der Waals surface area (Å²) in [6.45, 7) is 6.40. The van der Waals surface area contributed by atoms with E-state index in [0.717, 1.165) is 65.4 Å². The number of rotatable bonds is 4. The second-order valence-corrected chi connectivity index (χ2v) is 12.1. The summed E-state index contributed by atoms with van der Waals surface area (Å²) in [5.74, 6) is 1.50. The molecular weight excluding hydrogens is 506 g/mol. The number of thiophene rings is 1.